The van der Waals surface area contributed by atoms with Gasteiger partial charge in [-0.25, -0.2) is 8.42 Å². The topological polar surface area (TPSA) is 80.5 Å². The van der Waals surface area contributed by atoms with Crippen LogP contribution in [0.15, 0.2) is 0 Å². The zero-order chi connectivity index (χ0) is 15.3. The molecule has 1 aliphatic heterocycles. The first-order chi connectivity index (χ1) is 9.20. The number of carbonyl (C=O) groups excluding carboxylic acids is 1. The van der Waals surface area contributed by atoms with Crippen molar-refractivity contribution >= 4 is 15.7 Å². The van der Waals surface area contributed by atoms with Crippen LogP contribution in [0.25, 0.3) is 0 Å². The lowest BCUT2D eigenvalue weighted by Gasteiger charge is -2.24. The number of hydrogen-bond acceptors (Lipinski definition) is 4. The summed E-state index contributed by atoms with van der Waals surface area (Å²) in [5.74, 6) is 1.18. The summed E-state index contributed by atoms with van der Waals surface area (Å²) in [5.41, 5.74) is 5.85. The minimum atomic E-state index is -3.06. The molecule has 1 saturated heterocycles. The maximum absolute atomic E-state index is 12.3. The fraction of sp³-hybridized carbons (Fsp3) is 0.929. The summed E-state index contributed by atoms with van der Waals surface area (Å²) < 4.78 is 22.3. The third-order valence-electron chi connectivity index (χ3n) is 4.14. The lowest BCUT2D eigenvalue weighted by Crippen LogP contribution is -2.45. The van der Waals surface area contributed by atoms with E-state index in [1.54, 1.807) is 0 Å². The highest BCUT2D eigenvalue weighted by Gasteiger charge is 2.26. The molecule has 0 aromatic carbocycles. The molecule has 20 heavy (non-hydrogen) atoms. The third kappa shape index (κ3) is 5.79. The largest absolute Gasteiger partial charge is 0.341 e. The Kier molecular flexibility index (Phi) is 6.45. The van der Waals surface area contributed by atoms with Crippen LogP contribution >= 0.6 is 0 Å². The van der Waals surface area contributed by atoms with Gasteiger partial charge in [-0.05, 0) is 37.5 Å². The quantitative estimate of drug-likeness (QED) is 0.822. The molecule has 0 aromatic heterocycles. The number of hydrogen-bond donors (Lipinski definition) is 1. The van der Waals surface area contributed by atoms with Crippen LogP contribution in [-0.2, 0) is 14.6 Å². The predicted molar refractivity (Wildman–Crippen MR) is 81.1 cm³/mol. The molecule has 2 atom stereocenters. The number of likely N-dealkylation sites (tertiary alicyclic amines) is 1. The Hall–Kier alpha value is -0.620. The smallest absolute Gasteiger partial charge is 0.239 e. The third-order valence-corrected chi connectivity index (χ3v) is 5.12. The van der Waals surface area contributed by atoms with Gasteiger partial charge < -0.3 is 10.6 Å². The average Bonchev–Trinajstić information content (AvgIpc) is 2.59. The zero-order valence-corrected chi connectivity index (χ0v) is 13.7. The minimum absolute atomic E-state index is 0.0254. The van der Waals surface area contributed by atoms with E-state index in [2.05, 4.69) is 13.8 Å². The van der Waals surface area contributed by atoms with Gasteiger partial charge in [-0.1, -0.05) is 13.8 Å². The number of sulfone groups is 1. The van der Waals surface area contributed by atoms with Gasteiger partial charge in [0.1, 0.15) is 9.84 Å². The Balaban J connectivity index is 2.50. The molecular formula is C14H28N2O3S. The highest BCUT2D eigenvalue weighted by molar-refractivity contribution is 7.90. The summed E-state index contributed by atoms with van der Waals surface area (Å²) in [5, 5.41) is 0. The van der Waals surface area contributed by atoms with Gasteiger partial charge in [-0.2, -0.15) is 0 Å². The van der Waals surface area contributed by atoms with Gasteiger partial charge in [0.05, 0.1) is 11.8 Å². The highest BCUT2D eigenvalue weighted by atomic mass is 32.2. The summed E-state index contributed by atoms with van der Waals surface area (Å²) in [7, 11) is -3.06. The van der Waals surface area contributed by atoms with E-state index >= 15 is 0 Å². The van der Waals surface area contributed by atoms with E-state index in [0.717, 1.165) is 32.4 Å². The normalized spacial score (nSPS) is 22.6. The number of nitrogens with zero attached hydrogens (tertiary/aromatic N) is 1. The molecule has 5 nitrogen and oxygen atoms in total. The van der Waals surface area contributed by atoms with Crippen LogP contribution in [0.1, 0.15) is 39.5 Å². The molecule has 0 bridgehead atoms. The monoisotopic (exact) mass is 304 g/mol. The number of amides is 1. The molecule has 6 heteroatoms. The lowest BCUT2D eigenvalue weighted by atomic mass is 9.89. The highest BCUT2D eigenvalue weighted by Crippen LogP contribution is 2.24. The van der Waals surface area contributed by atoms with E-state index in [9.17, 15) is 13.2 Å². The molecule has 1 fully saturated rings. The van der Waals surface area contributed by atoms with Gasteiger partial charge in [0.25, 0.3) is 0 Å². The summed E-state index contributed by atoms with van der Waals surface area (Å²) in [6.45, 7) is 5.93. The van der Waals surface area contributed by atoms with Crippen molar-refractivity contribution in [3.05, 3.63) is 0 Å². The maximum Gasteiger partial charge on any atom is 0.239 e. The van der Waals surface area contributed by atoms with Crippen molar-refractivity contribution in [2.24, 2.45) is 17.6 Å². The molecule has 1 rings (SSSR count). The standard InChI is InChI=1S/C14H28N2O3S/c1-11(2)12-5-4-8-16(9-6-12)14(17)13(15)7-10-20(3,18)19/h11-13H,4-10,15H2,1-3H3. The Morgan fingerprint density at radius 3 is 2.50 bits per heavy atom. The van der Waals surface area contributed by atoms with E-state index in [-0.39, 0.29) is 18.1 Å². The number of carbonyl (C=O) groups is 1. The van der Waals surface area contributed by atoms with E-state index in [4.69, 9.17) is 5.73 Å². The first kappa shape index (κ1) is 17.4. The Morgan fingerprint density at radius 1 is 1.30 bits per heavy atom. The van der Waals surface area contributed by atoms with Gasteiger partial charge in [0, 0.05) is 19.3 Å². The van der Waals surface area contributed by atoms with E-state index in [0.29, 0.717) is 11.8 Å². The molecule has 1 aliphatic rings. The van der Waals surface area contributed by atoms with Crippen molar-refractivity contribution < 1.29 is 13.2 Å². The van der Waals surface area contributed by atoms with Crippen molar-refractivity contribution in [3.63, 3.8) is 0 Å². The van der Waals surface area contributed by atoms with Crippen LogP contribution < -0.4 is 5.73 Å². The summed E-state index contributed by atoms with van der Waals surface area (Å²) in [6.07, 6.45) is 4.56. The molecule has 0 saturated carbocycles. The van der Waals surface area contributed by atoms with Gasteiger partial charge in [0.2, 0.25) is 5.91 Å². The molecule has 118 valence electrons. The van der Waals surface area contributed by atoms with Gasteiger partial charge in [0.15, 0.2) is 0 Å². The molecule has 1 heterocycles. The number of nitrogens with two attached hydrogens (primary N) is 1. The van der Waals surface area contributed by atoms with Crippen LogP contribution in [-0.4, -0.2) is 50.4 Å². The fourth-order valence-electron chi connectivity index (χ4n) is 2.71. The van der Waals surface area contributed by atoms with Gasteiger partial charge in [-0.3, -0.25) is 4.79 Å². The number of rotatable bonds is 5. The molecule has 0 spiro atoms. The zero-order valence-electron chi connectivity index (χ0n) is 12.8. The van der Waals surface area contributed by atoms with Crippen molar-refractivity contribution in [3.8, 4) is 0 Å². The van der Waals surface area contributed by atoms with Crippen LogP contribution in [0.5, 0.6) is 0 Å². The second kappa shape index (κ2) is 7.41. The van der Waals surface area contributed by atoms with Gasteiger partial charge in [-0.15, -0.1) is 0 Å². The average molecular weight is 304 g/mol. The van der Waals surface area contributed by atoms with E-state index < -0.39 is 15.9 Å². The molecule has 2 N–H and O–H groups in total. The van der Waals surface area contributed by atoms with Crippen LogP contribution in [0, 0.1) is 11.8 Å². The minimum Gasteiger partial charge on any atom is -0.341 e. The summed E-state index contributed by atoms with van der Waals surface area (Å²) >= 11 is 0. The van der Waals surface area contributed by atoms with E-state index in [1.807, 2.05) is 4.90 Å². The second-order valence-electron chi connectivity index (χ2n) is 6.29. The van der Waals surface area contributed by atoms with Crippen LogP contribution in [0.4, 0.5) is 0 Å². The summed E-state index contributed by atoms with van der Waals surface area (Å²) in [4.78, 5) is 14.1. The summed E-state index contributed by atoms with van der Waals surface area (Å²) in [6, 6.07) is -0.694. The van der Waals surface area contributed by atoms with Gasteiger partial charge >= 0.3 is 0 Å². The Morgan fingerprint density at radius 2 is 1.95 bits per heavy atom. The molecule has 2 unspecified atom stereocenters. The molecule has 1 amide bonds. The molecule has 0 aromatic rings. The van der Waals surface area contributed by atoms with Crippen molar-refractivity contribution in [1.82, 2.24) is 4.90 Å². The first-order valence-corrected chi connectivity index (χ1v) is 9.49. The van der Waals surface area contributed by atoms with Crippen LogP contribution in [0.3, 0.4) is 0 Å². The molecular weight excluding hydrogens is 276 g/mol. The first-order valence-electron chi connectivity index (χ1n) is 7.43. The van der Waals surface area contributed by atoms with E-state index in [1.165, 1.54) is 6.26 Å². The molecule has 0 radical (unpaired) electrons. The lowest BCUT2D eigenvalue weighted by molar-refractivity contribution is -0.132. The van der Waals surface area contributed by atoms with Crippen LogP contribution in [0.2, 0.25) is 0 Å². The maximum atomic E-state index is 12.3. The SMILES string of the molecule is CC(C)C1CCCN(C(=O)C(N)CCS(C)(=O)=O)CC1. The second-order valence-corrected chi connectivity index (χ2v) is 8.55. The van der Waals surface area contributed by atoms with Crippen molar-refractivity contribution in [2.45, 2.75) is 45.6 Å². The van der Waals surface area contributed by atoms with Crippen molar-refractivity contribution in [1.29, 1.82) is 0 Å². The Labute approximate surface area is 122 Å². The predicted octanol–water partition coefficient (Wildman–Crippen LogP) is 1.03. The molecule has 0 aliphatic carbocycles. The fourth-order valence-corrected chi connectivity index (χ4v) is 3.39. The Bertz CT molecular complexity index is 420. The van der Waals surface area contributed by atoms with Crippen molar-refractivity contribution in [2.75, 3.05) is 25.1 Å².